The van der Waals surface area contributed by atoms with E-state index >= 15 is 0 Å². The van der Waals surface area contributed by atoms with E-state index in [0.29, 0.717) is 12.2 Å². The van der Waals surface area contributed by atoms with Crippen molar-refractivity contribution in [2.24, 2.45) is 0 Å². The normalized spacial score (nSPS) is 10.9. The fourth-order valence-electron chi connectivity index (χ4n) is 1.82. The second-order valence-electron chi connectivity index (χ2n) is 4.81. The maximum atomic E-state index is 9.55. The Morgan fingerprint density at radius 3 is 1.30 bits per heavy atom. The number of nitrogens with one attached hydrogen (secondary N) is 1. The summed E-state index contributed by atoms with van der Waals surface area (Å²) in [5, 5.41) is 19.1. The molecule has 0 spiro atoms. The van der Waals surface area contributed by atoms with E-state index in [4.69, 9.17) is 10.2 Å². The van der Waals surface area contributed by atoms with Gasteiger partial charge in [-0.25, -0.2) is 9.59 Å². The quantitative estimate of drug-likeness (QED) is 0.362. The Bertz CT molecular complexity index is 297. The molecule has 0 aromatic heterocycles. The van der Waals surface area contributed by atoms with Crippen LogP contribution < -0.4 is 5.32 Å². The van der Waals surface area contributed by atoms with Gasteiger partial charge >= 0.3 is 11.9 Å². The number of hydrogen-bond acceptors (Lipinski definition) is 5. The SMILES string of the molecule is CCN(CC)CCNCCN(CC)CC.O=C(O)/C=C\C(=O)O. The molecule has 0 saturated heterocycles. The van der Waals surface area contributed by atoms with E-state index in [0.717, 1.165) is 39.3 Å². The highest BCUT2D eigenvalue weighted by Crippen LogP contribution is 1.86. The van der Waals surface area contributed by atoms with Gasteiger partial charge in [0.1, 0.15) is 0 Å². The summed E-state index contributed by atoms with van der Waals surface area (Å²) in [5.41, 5.74) is 0. The molecule has 3 N–H and O–H groups in total. The fraction of sp³-hybridized carbons (Fsp3) is 0.750. The Morgan fingerprint density at radius 1 is 0.783 bits per heavy atom. The molecule has 7 heteroatoms. The lowest BCUT2D eigenvalue weighted by Crippen LogP contribution is -2.36. The van der Waals surface area contributed by atoms with E-state index in [1.165, 1.54) is 13.1 Å². The van der Waals surface area contributed by atoms with E-state index in [2.05, 4.69) is 42.8 Å². The third kappa shape index (κ3) is 18.5. The molecule has 0 bridgehead atoms. The molecular weight excluding hydrogens is 298 g/mol. The van der Waals surface area contributed by atoms with Crippen molar-refractivity contribution < 1.29 is 19.8 Å². The van der Waals surface area contributed by atoms with Crippen molar-refractivity contribution in [3.8, 4) is 0 Å². The molecule has 7 nitrogen and oxygen atoms in total. The van der Waals surface area contributed by atoms with Gasteiger partial charge in [-0.3, -0.25) is 0 Å². The van der Waals surface area contributed by atoms with Crippen LogP contribution in [0.2, 0.25) is 0 Å². The molecule has 23 heavy (non-hydrogen) atoms. The van der Waals surface area contributed by atoms with Crippen LogP contribution >= 0.6 is 0 Å². The second kappa shape index (κ2) is 16.9. The molecule has 0 aliphatic heterocycles. The zero-order chi connectivity index (χ0) is 18.1. The highest BCUT2D eigenvalue weighted by atomic mass is 16.4. The number of nitrogens with zero attached hydrogens (tertiary/aromatic N) is 2. The zero-order valence-corrected chi connectivity index (χ0v) is 14.9. The van der Waals surface area contributed by atoms with Crippen molar-refractivity contribution in [3.63, 3.8) is 0 Å². The standard InChI is InChI=1S/C12H29N3.C4H4O4/c1-5-14(6-2)11-9-13-10-12-15(7-3)8-4;5-3(6)1-2-4(7)8/h13H,5-12H2,1-4H3;1-2H,(H,5,6)(H,7,8)/b;2-1-. The van der Waals surface area contributed by atoms with Gasteiger partial charge in [0.2, 0.25) is 0 Å². The molecule has 0 aromatic carbocycles. The van der Waals surface area contributed by atoms with Gasteiger partial charge in [0, 0.05) is 38.3 Å². The Labute approximate surface area is 140 Å². The summed E-state index contributed by atoms with van der Waals surface area (Å²) in [5.74, 6) is -2.51. The minimum absolute atomic E-state index is 0.558. The van der Waals surface area contributed by atoms with E-state index < -0.39 is 11.9 Å². The monoisotopic (exact) mass is 331 g/mol. The van der Waals surface area contributed by atoms with Crippen LogP contribution in [-0.2, 0) is 9.59 Å². The van der Waals surface area contributed by atoms with E-state index in [1.54, 1.807) is 0 Å². The molecule has 0 rings (SSSR count). The van der Waals surface area contributed by atoms with Crippen LogP contribution in [0, 0.1) is 0 Å². The summed E-state index contributed by atoms with van der Waals surface area (Å²) in [7, 11) is 0. The van der Waals surface area contributed by atoms with Gasteiger partial charge in [0.25, 0.3) is 0 Å². The van der Waals surface area contributed by atoms with Crippen molar-refractivity contribution in [2.75, 3.05) is 52.4 Å². The largest absolute Gasteiger partial charge is 0.478 e. The van der Waals surface area contributed by atoms with Gasteiger partial charge < -0.3 is 25.3 Å². The van der Waals surface area contributed by atoms with Crippen LogP contribution in [0.1, 0.15) is 27.7 Å². The van der Waals surface area contributed by atoms with Crippen LogP contribution in [-0.4, -0.2) is 84.3 Å². The number of aliphatic carboxylic acids is 2. The van der Waals surface area contributed by atoms with Gasteiger partial charge in [0.05, 0.1) is 0 Å². The van der Waals surface area contributed by atoms with Gasteiger partial charge in [-0.15, -0.1) is 0 Å². The molecule has 0 saturated carbocycles. The topological polar surface area (TPSA) is 93.1 Å². The Balaban J connectivity index is 0. The average molecular weight is 331 g/mol. The summed E-state index contributed by atoms with van der Waals surface area (Å²) < 4.78 is 0. The summed E-state index contributed by atoms with van der Waals surface area (Å²) in [6, 6.07) is 0. The molecule has 0 aliphatic carbocycles. The van der Waals surface area contributed by atoms with Crippen molar-refractivity contribution in [1.82, 2.24) is 15.1 Å². The van der Waals surface area contributed by atoms with Gasteiger partial charge in [-0.05, 0) is 26.2 Å². The number of carboxylic acids is 2. The lowest BCUT2D eigenvalue weighted by atomic mass is 10.4. The van der Waals surface area contributed by atoms with Crippen molar-refractivity contribution in [1.29, 1.82) is 0 Å². The first kappa shape index (κ1) is 23.8. The summed E-state index contributed by atoms with van der Waals surface area (Å²) >= 11 is 0. The maximum absolute atomic E-state index is 9.55. The number of carbonyl (C=O) groups is 2. The van der Waals surface area contributed by atoms with Gasteiger partial charge in [-0.1, -0.05) is 27.7 Å². The van der Waals surface area contributed by atoms with Crippen LogP contribution in [0.4, 0.5) is 0 Å². The molecule has 0 fully saturated rings. The molecule has 0 atom stereocenters. The molecule has 0 amide bonds. The van der Waals surface area contributed by atoms with Crippen LogP contribution in [0.15, 0.2) is 12.2 Å². The lowest BCUT2D eigenvalue weighted by molar-refractivity contribution is -0.134. The van der Waals surface area contributed by atoms with Crippen molar-refractivity contribution in [3.05, 3.63) is 12.2 Å². The third-order valence-corrected chi connectivity index (χ3v) is 3.37. The van der Waals surface area contributed by atoms with E-state index in [1.807, 2.05) is 0 Å². The Hall–Kier alpha value is -1.44. The fourth-order valence-corrected chi connectivity index (χ4v) is 1.82. The minimum atomic E-state index is -1.26. The Kier molecular flexibility index (Phi) is 17.5. The highest BCUT2D eigenvalue weighted by Gasteiger charge is 1.99. The van der Waals surface area contributed by atoms with Crippen LogP contribution in [0.3, 0.4) is 0 Å². The third-order valence-electron chi connectivity index (χ3n) is 3.37. The van der Waals surface area contributed by atoms with Gasteiger partial charge in [-0.2, -0.15) is 0 Å². The summed E-state index contributed by atoms with van der Waals surface area (Å²) in [6.45, 7) is 18.1. The van der Waals surface area contributed by atoms with Crippen LogP contribution in [0.5, 0.6) is 0 Å². The lowest BCUT2D eigenvalue weighted by Gasteiger charge is -2.20. The minimum Gasteiger partial charge on any atom is -0.478 e. The first-order chi connectivity index (χ1) is 10.9. The molecule has 0 heterocycles. The summed E-state index contributed by atoms with van der Waals surface area (Å²) in [4.78, 5) is 24.0. The zero-order valence-electron chi connectivity index (χ0n) is 14.9. The molecule has 0 unspecified atom stereocenters. The average Bonchev–Trinajstić information content (AvgIpc) is 2.53. The van der Waals surface area contributed by atoms with Crippen molar-refractivity contribution in [2.45, 2.75) is 27.7 Å². The maximum Gasteiger partial charge on any atom is 0.328 e. The highest BCUT2D eigenvalue weighted by molar-refractivity contribution is 5.89. The van der Waals surface area contributed by atoms with E-state index in [9.17, 15) is 9.59 Å². The first-order valence-electron chi connectivity index (χ1n) is 8.20. The first-order valence-corrected chi connectivity index (χ1v) is 8.20. The predicted molar refractivity (Wildman–Crippen MR) is 92.9 cm³/mol. The van der Waals surface area contributed by atoms with Crippen molar-refractivity contribution >= 4 is 11.9 Å². The second-order valence-corrected chi connectivity index (χ2v) is 4.81. The number of rotatable bonds is 12. The molecule has 136 valence electrons. The Morgan fingerprint density at radius 2 is 1.09 bits per heavy atom. The molecule has 0 aromatic rings. The molecular formula is C16H33N3O4. The van der Waals surface area contributed by atoms with Crippen LogP contribution in [0.25, 0.3) is 0 Å². The number of likely N-dealkylation sites (N-methyl/N-ethyl adjacent to an activating group) is 2. The number of hydrogen-bond donors (Lipinski definition) is 3. The predicted octanol–water partition coefficient (Wildman–Crippen LogP) is 0.971. The van der Waals surface area contributed by atoms with Gasteiger partial charge in [0.15, 0.2) is 0 Å². The summed E-state index contributed by atoms with van der Waals surface area (Å²) in [6.07, 6.45) is 1.12. The van der Waals surface area contributed by atoms with E-state index in [-0.39, 0.29) is 0 Å². The number of carboxylic acid groups (broad SMARTS) is 2. The smallest absolute Gasteiger partial charge is 0.328 e. The molecule has 0 aliphatic rings. The molecule has 0 radical (unpaired) electrons.